The standard InChI is InChI=1S/C25H29FN4O3/c1-29(2)13-14-33-18-9-11-30(12-10-18)25(32)21-15-17(7-8-22(21)26)16-23-19-5-3-4-6-20(19)24(31)28-27-23/h3-8,15,18H,9-14,16H2,1-2H3,(H,28,31). The lowest BCUT2D eigenvalue weighted by Gasteiger charge is -2.32. The molecule has 0 unspecified atom stereocenters. The molecule has 0 atom stereocenters. The number of likely N-dealkylation sites (N-methyl/N-ethyl adjacent to an activating group) is 1. The van der Waals surface area contributed by atoms with Gasteiger partial charge in [-0.1, -0.05) is 24.3 Å². The number of likely N-dealkylation sites (tertiary alicyclic amines) is 1. The molecule has 174 valence electrons. The molecule has 0 radical (unpaired) electrons. The van der Waals surface area contributed by atoms with Crippen molar-refractivity contribution in [2.24, 2.45) is 0 Å². The van der Waals surface area contributed by atoms with Gasteiger partial charge in [-0.2, -0.15) is 5.10 Å². The quantitative estimate of drug-likeness (QED) is 0.597. The molecule has 1 aliphatic heterocycles. The van der Waals surface area contributed by atoms with Crippen LogP contribution in [0.15, 0.2) is 47.3 Å². The van der Waals surface area contributed by atoms with Gasteiger partial charge in [0.15, 0.2) is 0 Å². The summed E-state index contributed by atoms with van der Waals surface area (Å²) in [6.07, 6.45) is 1.99. The fourth-order valence-corrected chi connectivity index (χ4v) is 4.14. The van der Waals surface area contributed by atoms with E-state index in [1.807, 2.05) is 26.2 Å². The summed E-state index contributed by atoms with van der Waals surface area (Å²) >= 11 is 0. The van der Waals surface area contributed by atoms with Crippen molar-refractivity contribution < 1.29 is 13.9 Å². The number of rotatable bonds is 7. The van der Waals surface area contributed by atoms with Gasteiger partial charge in [-0.25, -0.2) is 9.49 Å². The Labute approximate surface area is 192 Å². The molecule has 0 spiro atoms. The summed E-state index contributed by atoms with van der Waals surface area (Å²) < 4.78 is 20.5. The second-order valence-corrected chi connectivity index (χ2v) is 8.70. The first-order valence-electron chi connectivity index (χ1n) is 11.2. The number of benzene rings is 2. The number of amides is 1. The average Bonchev–Trinajstić information content (AvgIpc) is 2.82. The molecule has 8 heteroatoms. The molecule has 1 amide bonds. The van der Waals surface area contributed by atoms with E-state index in [4.69, 9.17) is 4.74 Å². The topological polar surface area (TPSA) is 78.5 Å². The predicted molar refractivity (Wildman–Crippen MR) is 125 cm³/mol. The van der Waals surface area contributed by atoms with Crippen molar-refractivity contribution in [3.8, 4) is 0 Å². The maximum absolute atomic E-state index is 14.6. The first kappa shape index (κ1) is 23.1. The van der Waals surface area contributed by atoms with Crippen LogP contribution in [0.4, 0.5) is 4.39 Å². The Morgan fingerprint density at radius 1 is 1.18 bits per heavy atom. The number of H-pyrrole nitrogens is 1. The van der Waals surface area contributed by atoms with Crippen LogP contribution in [-0.4, -0.2) is 72.3 Å². The summed E-state index contributed by atoms with van der Waals surface area (Å²) in [5.41, 5.74) is 1.24. The summed E-state index contributed by atoms with van der Waals surface area (Å²) in [6.45, 7) is 2.61. The largest absolute Gasteiger partial charge is 0.377 e. The van der Waals surface area contributed by atoms with Crippen molar-refractivity contribution >= 4 is 16.7 Å². The zero-order valence-corrected chi connectivity index (χ0v) is 19.0. The number of hydrogen-bond donors (Lipinski definition) is 1. The van der Waals surface area contributed by atoms with Gasteiger partial charge in [-0.3, -0.25) is 9.59 Å². The van der Waals surface area contributed by atoms with E-state index >= 15 is 0 Å². The van der Waals surface area contributed by atoms with Gasteiger partial charge >= 0.3 is 0 Å². The Balaban J connectivity index is 1.46. The fourth-order valence-electron chi connectivity index (χ4n) is 4.14. The lowest BCUT2D eigenvalue weighted by Crippen LogP contribution is -2.41. The van der Waals surface area contributed by atoms with Crippen molar-refractivity contribution in [2.45, 2.75) is 25.4 Å². The fraction of sp³-hybridized carbons (Fsp3) is 0.400. The van der Waals surface area contributed by atoms with Crippen molar-refractivity contribution in [3.63, 3.8) is 0 Å². The molecular formula is C25H29FN4O3. The SMILES string of the molecule is CN(C)CCOC1CCN(C(=O)c2cc(Cc3n[nH]c(=O)c4ccccc34)ccc2F)CC1. The van der Waals surface area contributed by atoms with Crippen LogP contribution in [-0.2, 0) is 11.2 Å². The maximum Gasteiger partial charge on any atom is 0.272 e. The number of halogens is 1. The van der Waals surface area contributed by atoms with Gasteiger partial charge in [-0.15, -0.1) is 0 Å². The molecule has 1 N–H and O–H groups in total. The number of aromatic nitrogens is 2. The van der Waals surface area contributed by atoms with Crippen molar-refractivity contribution in [2.75, 3.05) is 40.3 Å². The van der Waals surface area contributed by atoms with Crippen LogP contribution < -0.4 is 5.56 Å². The van der Waals surface area contributed by atoms with Gasteiger partial charge in [0.2, 0.25) is 0 Å². The summed E-state index contributed by atoms with van der Waals surface area (Å²) in [5.74, 6) is -0.840. The van der Waals surface area contributed by atoms with Crippen molar-refractivity contribution in [1.82, 2.24) is 20.0 Å². The number of piperidine rings is 1. The summed E-state index contributed by atoms with van der Waals surface area (Å²) in [4.78, 5) is 28.9. The van der Waals surface area contributed by atoms with Crippen LogP contribution in [0.5, 0.6) is 0 Å². The molecule has 4 rings (SSSR count). The van der Waals surface area contributed by atoms with E-state index in [0.29, 0.717) is 37.2 Å². The number of fused-ring (bicyclic) bond motifs is 1. The van der Waals surface area contributed by atoms with Gasteiger partial charge < -0.3 is 14.5 Å². The third kappa shape index (κ3) is 5.46. The smallest absolute Gasteiger partial charge is 0.272 e. The minimum atomic E-state index is -0.535. The second-order valence-electron chi connectivity index (χ2n) is 8.70. The predicted octanol–water partition coefficient (Wildman–Crippen LogP) is 2.84. The minimum absolute atomic E-state index is 0.0632. The van der Waals surface area contributed by atoms with Gasteiger partial charge in [0.05, 0.1) is 29.4 Å². The molecule has 1 aromatic heterocycles. The van der Waals surface area contributed by atoms with E-state index in [2.05, 4.69) is 15.1 Å². The molecule has 33 heavy (non-hydrogen) atoms. The maximum atomic E-state index is 14.6. The Morgan fingerprint density at radius 3 is 2.64 bits per heavy atom. The van der Waals surface area contributed by atoms with Gasteiger partial charge in [0, 0.05) is 31.4 Å². The van der Waals surface area contributed by atoms with Gasteiger partial charge in [0.1, 0.15) is 5.82 Å². The molecular weight excluding hydrogens is 423 g/mol. The molecule has 2 aromatic carbocycles. The summed E-state index contributed by atoms with van der Waals surface area (Å²) in [7, 11) is 4.01. The molecule has 0 aliphatic carbocycles. The lowest BCUT2D eigenvalue weighted by molar-refractivity contribution is 0.00383. The Hall–Kier alpha value is -3.10. The van der Waals surface area contributed by atoms with E-state index < -0.39 is 5.82 Å². The average molecular weight is 453 g/mol. The molecule has 0 saturated carbocycles. The Kier molecular flexibility index (Phi) is 7.15. The summed E-state index contributed by atoms with van der Waals surface area (Å²) in [5, 5.41) is 8.01. The van der Waals surface area contributed by atoms with Crippen molar-refractivity contribution in [3.05, 3.63) is 75.5 Å². The van der Waals surface area contributed by atoms with Crippen LogP contribution in [0, 0.1) is 5.82 Å². The summed E-state index contributed by atoms with van der Waals surface area (Å²) in [6, 6.07) is 11.8. The lowest BCUT2D eigenvalue weighted by atomic mass is 10.0. The van der Waals surface area contributed by atoms with Crippen molar-refractivity contribution in [1.29, 1.82) is 0 Å². The number of ether oxygens (including phenoxy) is 1. The van der Waals surface area contributed by atoms with Gasteiger partial charge in [0.25, 0.3) is 11.5 Å². The number of nitrogens with zero attached hydrogens (tertiary/aromatic N) is 3. The second kappa shape index (κ2) is 10.2. The third-order valence-corrected chi connectivity index (χ3v) is 6.03. The van der Waals surface area contributed by atoms with E-state index in [0.717, 1.165) is 30.3 Å². The zero-order chi connectivity index (χ0) is 23.4. The highest BCUT2D eigenvalue weighted by molar-refractivity contribution is 5.95. The highest BCUT2D eigenvalue weighted by Gasteiger charge is 2.26. The van der Waals surface area contributed by atoms with Crippen LogP contribution in [0.2, 0.25) is 0 Å². The van der Waals surface area contributed by atoms with E-state index in [1.165, 1.54) is 6.07 Å². The Morgan fingerprint density at radius 2 is 1.91 bits per heavy atom. The van der Waals surface area contributed by atoms with Gasteiger partial charge in [-0.05, 0) is 50.7 Å². The molecule has 7 nitrogen and oxygen atoms in total. The van der Waals surface area contributed by atoms with Crippen LogP contribution in [0.3, 0.4) is 0 Å². The number of aromatic amines is 1. The zero-order valence-electron chi connectivity index (χ0n) is 19.0. The van der Waals surface area contributed by atoms with E-state index in [9.17, 15) is 14.0 Å². The van der Waals surface area contributed by atoms with E-state index in [1.54, 1.807) is 29.2 Å². The molecule has 0 bridgehead atoms. The molecule has 1 fully saturated rings. The molecule has 1 saturated heterocycles. The normalized spacial score (nSPS) is 14.8. The Bertz CT molecular complexity index is 1190. The van der Waals surface area contributed by atoms with Crippen LogP contribution >= 0.6 is 0 Å². The molecule has 2 heterocycles. The number of hydrogen-bond acceptors (Lipinski definition) is 5. The van der Waals surface area contributed by atoms with Crippen LogP contribution in [0.25, 0.3) is 10.8 Å². The third-order valence-electron chi connectivity index (χ3n) is 6.03. The minimum Gasteiger partial charge on any atom is -0.377 e. The van der Waals surface area contributed by atoms with Crippen LogP contribution in [0.1, 0.15) is 34.5 Å². The number of carbonyl (C=O) groups excluding carboxylic acids is 1. The highest BCUT2D eigenvalue weighted by atomic mass is 19.1. The molecule has 3 aromatic rings. The number of carbonyl (C=O) groups is 1. The first-order chi connectivity index (χ1) is 15.9. The monoisotopic (exact) mass is 452 g/mol. The first-order valence-corrected chi connectivity index (χ1v) is 11.2. The molecule has 1 aliphatic rings. The van der Waals surface area contributed by atoms with E-state index in [-0.39, 0.29) is 23.1 Å². The number of nitrogens with one attached hydrogen (secondary N) is 1. The highest BCUT2D eigenvalue weighted by Crippen LogP contribution is 2.21.